The summed E-state index contributed by atoms with van der Waals surface area (Å²) in [6.45, 7) is 4.67. The van der Waals surface area contributed by atoms with Crippen LogP contribution in [0.25, 0.3) is 10.2 Å². The highest BCUT2D eigenvalue weighted by Crippen LogP contribution is 2.32. The highest BCUT2D eigenvalue weighted by Gasteiger charge is 2.27. The van der Waals surface area contributed by atoms with Gasteiger partial charge in [0.05, 0.1) is 25.1 Å². The van der Waals surface area contributed by atoms with Crippen molar-refractivity contribution in [2.75, 3.05) is 19.8 Å². The number of ether oxygens (including phenoxy) is 2. The second kappa shape index (κ2) is 7.58. The molecule has 2 aromatic rings. The number of rotatable bonds is 4. The van der Waals surface area contributed by atoms with E-state index in [1.54, 1.807) is 18.7 Å². The topological polar surface area (TPSA) is 93.6 Å². The molecule has 10 heteroatoms. The van der Waals surface area contributed by atoms with Crippen LogP contribution in [-0.2, 0) is 33.8 Å². The summed E-state index contributed by atoms with van der Waals surface area (Å²) in [5.74, 6) is -0.508. The zero-order valence-electron chi connectivity index (χ0n) is 14.5. The van der Waals surface area contributed by atoms with Crippen LogP contribution in [0.3, 0.4) is 0 Å². The van der Waals surface area contributed by atoms with E-state index in [2.05, 4.69) is 4.98 Å². The number of hydrogen-bond acceptors (Lipinski definition) is 7. The van der Waals surface area contributed by atoms with Crippen LogP contribution in [-0.4, -0.2) is 46.3 Å². The Hall–Kier alpha value is -2.20. The van der Waals surface area contributed by atoms with Crippen molar-refractivity contribution >= 4 is 45.8 Å². The normalized spacial score (nSPS) is 13.5. The molecule has 0 unspecified atom stereocenters. The number of thiophene rings is 1. The van der Waals surface area contributed by atoms with Gasteiger partial charge in [0.15, 0.2) is 4.77 Å². The summed E-state index contributed by atoms with van der Waals surface area (Å²) >= 11 is 6.64. The van der Waals surface area contributed by atoms with Crippen LogP contribution >= 0.6 is 23.6 Å². The number of aromatic amines is 1. The van der Waals surface area contributed by atoms with Crippen molar-refractivity contribution in [3.05, 3.63) is 25.6 Å². The zero-order valence-corrected chi connectivity index (χ0v) is 16.1. The number of nitrogens with zero attached hydrogens (tertiary/aromatic N) is 2. The van der Waals surface area contributed by atoms with E-state index in [0.29, 0.717) is 36.3 Å². The Kier molecular flexibility index (Phi) is 5.42. The van der Waals surface area contributed by atoms with Gasteiger partial charge in [-0.2, -0.15) is 0 Å². The third-order valence-corrected chi connectivity index (χ3v) is 5.55. The second-order valence-corrected chi connectivity index (χ2v) is 7.20. The molecule has 2 aromatic heterocycles. The van der Waals surface area contributed by atoms with Crippen molar-refractivity contribution in [2.24, 2.45) is 0 Å². The maximum Gasteiger partial charge on any atom is 0.410 e. The fraction of sp³-hybridized carbons (Fsp3) is 0.500. The molecule has 26 heavy (non-hydrogen) atoms. The van der Waals surface area contributed by atoms with Crippen molar-refractivity contribution in [3.63, 3.8) is 0 Å². The van der Waals surface area contributed by atoms with Crippen LogP contribution in [0.15, 0.2) is 4.79 Å². The molecule has 0 fully saturated rings. The van der Waals surface area contributed by atoms with Gasteiger partial charge in [0.1, 0.15) is 11.4 Å². The van der Waals surface area contributed by atoms with E-state index in [4.69, 9.17) is 21.7 Å². The molecule has 0 aromatic carbocycles. The van der Waals surface area contributed by atoms with Gasteiger partial charge >= 0.3 is 12.1 Å². The highest BCUT2D eigenvalue weighted by molar-refractivity contribution is 7.71. The minimum Gasteiger partial charge on any atom is -0.465 e. The number of hydrogen-bond donors (Lipinski definition) is 1. The summed E-state index contributed by atoms with van der Waals surface area (Å²) in [5, 5.41) is 0.534. The quantitative estimate of drug-likeness (QED) is 0.628. The number of carbonyl (C=O) groups excluding carboxylic acids is 2. The van der Waals surface area contributed by atoms with Gasteiger partial charge in [0.25, 0.3) is 5.56 Å². The minimum absolute atomic E-state index is 0.177. The molecule has 140 valence electrons. The lowest BCUT2D eigenvalue weighted by Crippen LogP contribution is -2.36. The zero-order chi connectivity index (χ0) is 18.8. The van der Waals surface area contributed by atoms with Crippen molar-refractivity contribution in [3.8, 4) is 0 Å². The number of esters is 1. The largest absolute Gasteiger partial charge is 0.465 e. The Balaban J connectivity index is 2.00. The Bertz CT molecular complexity index is 975. The van der Waals surface area contributed by atoms with Gasteiger partial charge in [-0.25, -0.2) is 4.79 Å². The predicted octanol–water partition coefficient (Wildman–Crippen LogP) is 2.20. The average Bonchev–Trinajstić information content (AvgIpc) is 2.96. The van der Waals surface area contributed by atoms with Gasteiger partial charge in [-0.3, -0.25) is 14.2 Å². The molecule has 0 bridgehead atoms. The average molecular weight is 397 g/mol. The molecule has 0 saturated carbocycles. The van der Waals surface area contributed by atoms with Crippen molar-refractivity contribution in [2.45, 2.75) is 33.4 Å². The van der Waals surface area contributed by atoms with Crippen LogP contribution in [0.4, 0.5) is 4.79 Å². The van der Waals surface area contributed by atoms with E-state index in [1.807, 2.05) is 0 Å². The van der Waals surface area contributed by atoms with Gasteiger partial charge in [-0.05, 0) is 38.0 Å². The first-order valence-electron chi connectivity index (χ1n) is 8.30. The molecular formula is C16H19N3O5S2. The van der Waals surface area contributed by atoms with Crippen molar-refractivity contribution < 1.29 is 19.1 Å². The molecule has 0 aliphatic carbocycles. The molecule has 3 rings (SSSR count). The molecule has 1 aliphatic heterocycles. The Labute approximate surface area is 158 Å². The van der Waals surface area contributed by atoms with Crippen molar-refractivity contribution in [1.29, 1.82) is 0 Å². The molecule has 8 nitrogen and oxygen atoms in total. The van der Waals surface area contributed by atoms with E-state index >= 15 is 0 Å². The van der Waals surface area contributed by atoms with E-state index in [9.17, 15) is 14.4 Å². The number of fused-ring (bicyclic) bond motifs is 3. The Morgan fingerprint density at radius 2 is 2.00 bits per heavy atom. The van der Waals surface area contributed by atoms with Gasteiger partial charge in [-0.1, -0.05) is 0 Å². The van der Waals surface area contributed by atoms with E-state index in [-0.39, 0.29) is 29.6 Å². The third kappa shape index (κ3) is 3.38. The monoisotopic (exact) mass is 397 g/mol. The van der Waals surface area contributed by atoms with Gasteiger partial charge in [0.2, 0.25) is 0 Å². The SMILES string of the molecule is CCOC(=O)Cn1c(=S)[nH]c2sc3c(c2c1=O)CCN(C(=O)OCC)C3. The smallest absolute Gasteiger partial charge is 0.410 e. The highest BCUT2D eigenvalue weighted by atomic mass is 32.1. The summed E-state index contributed by atoms with van der Waals surface area (Å²) in [6, 6.07) is 0. The standard InChI is InChI=1S/C16H19N3O5S2/c1-3-23-11(20)8-19-14(21)12-9-5-6-18(16(22)24-4-2)7-10(9)26-13(12)17-15(19)25/h3-8H2,1-2H3,(H,17,25). The fourth-order valence-corrected chi connectivity index (χ4v) is 4.53. The van der Waals surface area contributed by atoms with Gasteiger partial charge < -0.3 is 19.4 Å². The number of aromatic nitrogens is 2. The molecular weight excluding hydrogens is 378 g/mol. The number of carbonyl (C=O) groups is 2. The lowest BCUT2D eigenvalue weighted by molar-refractivity contribution is -0.143. The molecule has 1 amide bonds. The Morgan fingerprint density at radius 3 is 2.69 bits per heavy atom. The maximum atomic E-state index is 12.9. The minimum atomic E-state index is -0.508. The number of amides is 1. The van der Waals surface area contributed by atoms with E-state index in [1.165, 1.54) is 15.9 Å². The fourth-order valence-electron chi connectivity index (χ4n) is 2.96. The van der Waals surface area contributed by atoms with Crippen molar-refractivity contribution in [1.82, 2.24) is 14.5 Å². The van der Waals surface area contributed by atoms with Crippen LogP contribution in [0.1, 0.15) is 24.3 Å². The predicted molar refractivity (Wildman–Crippen MR) is 99.0 cm³/mol. The molecule has 0 atom stereocenters. The summed E-state index contributed by atoms with van der Waals surface area (Å²) in [5.41, 5.74) is 0.596. The van der Waals surface area contributed by atoms with Crippen LogP contribution in [0.5, 0.6) is 0 Å². The lowest BCUT2D eigenvalue weighted by atomic mass is 10.1. The number of nitrogens with one attached hydrogen (secondary N) is 1. The number of H-pyrrole nitrogens is 1. The van der Waals surface area contributed by atoms with Crippen LogP contribution in [0, 0.1) is 4.77 Å². The Morgan fingerprint density at radius 1 is 1.27 bits per heavy atom. The van der Waals surface area contributed by atoms with Gasteiger partial charge in [0, 0.05) is 11.4 Å². The van der Waals surface area contributed by atoms with Crippen LogP contribution in [0.2, 0.25) is 0 Å². The molecule has 1 N–H and O–H groups in total. The maximum absolute atomic E-state index is 12.9. The molecule has 1 aliphatic rings. The summed E-state index contributed by atoms with van der Waals surface area (Å²) in [4.78, 5) is 42.9. The molecule has 0 radical (unpaired) electrons. The first kappa shape index (κ1) is 18.6. The summed E-state index contributed by atoms with van der Waals surface area (Å²) in [7, 11) is 0. The van der Waals surface area contributed by atoms with E-state index in [0.717, 1.165) is 10.4 Å². The first-order chi connectivity index (χ1) is 12.5. The second-order valence-electron chi connectivity index (χ2n) is 5.70. The van der Waals surface area contributed by atoms with Gasteiger partial charge in [-0.15, -0.1) is 11.3 Å². The molecule has 3 heterocycles. The van der Waals surface area contributed by atoms with Crippen LogP contribution < -0.4 is 5.56 Å². The van der Waals surface area contributed by atoms with E-state index < -0.39 is 5.97 Å². The summed E-state index contributed by atoms with van der Waals surface area (Å²) < 4.78 is 11.4. The molecule has 0 saturated heterocycles. The molecule has 0 spiro atoms. The third-order valence-electron chi connectivity index (χ3n) is 4.10. The summed E-state index contributed by atoms with van der Waals surface area (Å²) in [6.07, 6.45) is 0.191. The first-order valence-corrected chi connectivity index (χ1v) is 9.53. The lowest BCUT2D eigenvalue weighted by Gasteiger charge is -2.25.